The highest BCUT2D eigenvalue weighted by atomic mass is 35.5. The zero-order valence-electron chi connectivity index (χ0n) is 7.10. The van der Waals surface area contributed by atoms with Gasteiger partial charge in [0.15, 0.2) is 0 Å². The summed E-state index contributed by atoms with van der Waals surface area (Å²) < 4.78 is 0. The standard InChI is InChI=1S/C10H12ClN/c1-7(2)9-3-8(6-12)4-10(11)5-9/h3-5H,1,6,12H2,2H3. The molecule has 1 aromatic carbocycles. The van der Waals surface area contributed by atoms with Crippen LogP contribution in [0.15, 0.2) is 24.8 Å². The smallest absolute Gasteiger partial charge is 0.0415 e. The molecule has 2 N–H and O–H groups in total. The molecule has 0 bridgehead atoms. The molecule has 0 amide bonds. The number of allylic oxidation sites excluding steroid dienone is 1. The van der Waals surface area contributed by atoms with E-state index >= 15 is 0 Å². The summed E-state index contributed by atoms with van der Waals surface area (Å²) in [5, 5.41) is 0.718. The summed E-state index contributed by atoms with van der Waals surface area (Å²) in [5.41, 5.74) is 8.61. The fourth-order valence-electron chi connectivity index (χ4n) is 1.01. The van der Waals surface area contributed by atoms with E-state index in [2.05, 4.69) is 6.58 Å². The highest BCUT2D eigenvalue weighted by molar-refractivity contribution is 6.30. The predicted molar refractivity (Wildman–Crippen MR) is 54.1 cm³/mol. The predicted octanol–water partition coefficient (Wildman–Crippen LogP) is 2.83. The zero-order valence-corrected chi connectivity index (χ0v) is 7.86. The molecule has 1 rings (SSSR count). The van der Waals surface area contributed by atoms with Crippen LogP contribution in [0, 0.1) is 0 Å². The molecule has 64 valence electrons. The van der Waals surface area contributed by atoms with Crippen LogP contribution >= 0.6 is 11.6 Å². The second kappa shape index (κ2) is 3.74. The fourth-order valence-corrected chi connectivity index (χ4v) is 1.27. The van der Waals surface area contributed by atoms with Crippen molar-refractivity contribution in [3.63, 3.8) is 0 Å². The van der Waals surface area contributed by atoms with Crippen LogP contribution in [-0.4, -0.2) is 0 Å². The monoisotopic (exact) mass is 181 g/mol. The fraction of sp³-hybridized carbons (Fsp3) is 0.200. The molecule has 0 spiro atoms. The first-order valence-electron chi connectivity index (χ1n) is 3.79. The molecule has 0 heterocycles. The van der Waals surface area contributed by atoms with Gasteiger partial charge in [-0.2, -0.15) is 0 Å². The number of rotatable bonds is 2. The van der Waals surface area contributed by atoms with Crippen molar-refractivity contribution in [2.24, 2.45) is 5.73 Å². The van der Waals surface area contributed by atoms with Gasteiger partial charge in [-0.15, -0.1) is 0 Å². The third kappa shape index (κ3) is 2.10. The maximum absolute atomic E-state index is 5.88. The molecule has 0 atom stereocenters. The summed E-state index contributed by atoms with van der Waals surface area (Å²) in [6.45, 7) is 6.31. The van der Waals surface area contributed by atoms with Crippen molar-refractivity contribution in [1.82, 2.24) is 0 Å². The minimum absolute atomic E-state index is 0.515. The van der Waals surface area contributed by atoms with Crippen molar-refractivity contribution >= 4 is 17.2 Å². The first-order chi connectivity index (χ1) is 5.63. The summed E-state index contributed by atoms with van der Waals surface area (Å²) in [6.07, 6.45) is 0. The van der Waals surface area contributed by atoms with Gasteiger partial charge in [-0.1, -0.05) is 29.8 Å². The van der Waals surface area contributed by atoms with Crippen molar-refractivity contribution < 1.29 is 0 Å². The van der Waals surface area contributed by atoms with E-state index in [1.807, 2.05) is 25.1 Å². The molecule has 0 aliphatic heterocycles. The molecule has 0 aliphatic carbocycles. The maximum Gasteiger partial charge on any atom is 0.0415 e. The van der Waals surface area contributed by atoms with Gasteiger partial charge in [0, 0.05) is 11.6 Å². The van der Waals surface area contributed by atoms with Crippen molar-refractivity contribution in [2.45, 2.75) is 13.5 Å². The lowest BCUT2D eigenvalue weighted by atomic mass is 10.1. The molecule has 1 aromatic rings. The van der Waals surface area contributed by atoms with E-state index in [0.29, 0.717) is 6.54 Å². The van der Waals surface area contributed by atoms with Crippen molar-refractivity contribution in [3.05, 3.63) is 40.9 Å². The van der Waals surface area contributed by atoms with Gasteiger partial charge in [-0.05, 0) is 30.2 Å². The second-order valence-electron chi connectivity index (χ2n) is 2.83. The third-order valence-corrected chi connectivity index (χ3v) is 1.90. The minimum Gasteiger partial charge on any atom is -0.326 e. The van der Waals surface area contributed by atoms with Crippen molar-refractivity contribution in [3.8, 4) is 0 Å². The molecule has 0 unspecified atom stereocenters. The molecular formula is C10H12ClN. The SMILES string of the molecule is C=C(C)c1cc(Cl)cc(CN)c1. The van der Waals surface area contributed by atoms with Gasteiger partial charge in [0.1, 0.15) is 0 Å². The van der Waals surface area contributed by atoms with Gasteiger partial charge in [0.05, 0.1) is 0 Å². The van der Waals surface area contributed by atoms with Gasteiger partial charge in [-0.25, -0.2) is 0 Å². The number of hydrogen-bond acceptors (Lipinski definition) is 1. The van der Waals surface area contributed by atoms with Crippen LogP contribution in [0.25, 0.3) is 5.57 Å². The Morgan fingerprint density at radius 1 is 1.50 bits per heavy atom. The van der Waals surface area contributed by atoms with Crippen LogP contribution in [0.4, 0.5) is 0 Å². The lowest BCUT2D eigenvalue weighted by Gasteiger charge is -2.03. The lowest BCUT2D eigenvalue weighted by Crippen LogP contribution is -1.96. The van der Waals surface area contributed by atoms with Crippen molar-refractivity contribution in [2.75, 3.05) is 0 Å². The minimum atomic E-state index is 0.515. The number of halogens is 1. The van der Waals surface area contributed by atoms with Crippen LogP contribution in [0.1, 0.15) is 18.1 Å². The van der Waals surface area contributed by atoms with Crippen LogP contribution in [0.5, 0.6) is 0 Å². The number of hydrogen-bond donors (Lipinski definition) is 1. The van der Waals surface area contributed by atoms with Gasteiger partial charge < -0.3 is 5.73 Å². The largest absolute Gasteiger partial charge is 0.326 e. The van der Waals surface area contributed by atoms with E-state index in [9.17, 15) is 0 Å². The Balaban J connectivity index is 3.15. The summed E-state index contributed by atoms with van der Waals surface area (Å²) in [7, 11) is 0. The van der Waals surface area contributed by atoms with Crippen LogP contribution in [0.2, 0.25) is 5.02 Å². The molecule has 0 saturated heterocycles. The second-order valence-corrected chi connectivity index (χ2v) is 3.27. The summed E-state index contributed by atoms with van der Waals surface area (Å²) >= 11 is 5.88. The topological polar surface area (TPSA) is 26.0 Å². The highest BCUT2D eigenvalue weighted by Crippen LogP contribution is 2.19. The van der Waals surface area contributed by atoms with Crippen LogP contribution < -0.4 is 5.73 Å². The van der Waals surface area contributed by atoms with Crippen LogP contribution in [0.3, 0.4) is 0 Å². The number of nitrogens with two attached hydrogens (primary N) is 1. The average molecular weight is 182 g/mol. The average Bonchev–Trinajstić information content (AvgIpc) is 2.03. The van der Waals surface area contributed by atoms with Gasteiger partial charge in [0.2, 0.25) is 0 Å². The Kier molecular flexibility index (Phi) is 2.90. The van der Waals surface area contributed by atoms with E-state index in [-0.39, 0.29) is 0 Å². The summed E-state index contributed by atoms with van der Waals surface area (Å²) in [6, 6.07) is 5.77. The molecule has 0 aromatic heterocycles. The van der Waals surface area contributed by atoms with E-state index < -0.39 is 0 Å². The van der Waals surface area contributed by atoms with Gasteiger partial charge in [-0.3, -0.25) is 0 Å². The Labute approximate surface area is 77.8 Å². The first kappa shape index (κ1) is 9.30. The molecule has 0 aliphatic rings. The third-order valence-electron chi connectivity index (χ3n) is 1.69. The molecule has 1 nitrogen and oxygen atoms in total. The first-order valence-corrected chi connectivity index (χ1v) is 4.16. The summed E-state index contributed by atoms with van der Waals surface area (Å²) in [4.78, 5) is 0. The molecule has 0 radical (unpaired) electrons. The molecule has 0 fully saturated rings. The molecular weight excluding hydrogens is 170 g/mol. The Morgan fingerprint density at radius 2 is 2.17 bits per heavy atom. The quantitative estimate of drug-likeness (QED) is 0.746. The Hall–Kier alpha value is -0.790. The maximum atomic E-state index is 5.88. The molecule has 12 heavy (non-hydrogen) atoms. The number of benzene rings is 1. The summed E-state index contributed by atoms with van der Waals surface area (Å²) in [5.74, 6) is 0. The molecule has 2 heteroatoms. The van der Waals surface area contributed by atoms with Gasteiger partial charge in [0.25, 0.3) is 0 Å². The highest BCUT2D eigenvalue weighted by Gasteiger charge is 1.98. The van der Waals surface area contributed by atoms with E-state index in [1.54, 1.807) is 0 Å². The Bertz CT molecular complexity index is 305. The van der Waals surface area contributed by atoms with Crippen molar-refractivity contribution in [1.29, 1.82) is 0 Å². The normalized spacial score (nSPS) is 9.92. The van der Waals surface area contributed by atoms with E-state index in [1.165, 1.54) is 0 Å². The molecule has 0 saturated carbocycles. The van der Waals surface area contributed by atoms with Crippen LogP contribution in [-0.2, 0) is 6.54 Å². The zero-order chi connectivity index (χ0) is 9.14. The lowest BCUT2D eigenvalue weighted by molar-refractivity contribution is 1.07. The van der Waals surface area contributed by atoms with E-state index in [4.69, 9.17) is 17.3 Å². The Morgan fingerprint density at radius 3 is 2.67 bits per heavy atom. The van der Waals surface area contributed by atoms with Gasteiger partial charge >= 0.3 is 0 Å². The van der Waals surface area contributed by atoms with E-state index in [0.717, 1.165) is 21.7 Å².